The van der Waals surface area contributed by atoms with Crippen molar-refractivity contribution in [2.45, 2.75) is 26.8 Å². The number of ether oxygens (including phenoxy) is 1. The van der Waals surface area contributed by atoms with Crippen LogP contribution in [0.5, 0.6) is 5.75 Å². The molecule has 0 heterocycles. The standard InChI is InChI=1S/C15H23FN2O2/c1-10(2)8-18-15(19)9-20-12-5-6-13(11(3)17-4)14(16)7-12/h5-7,10-11,17H,8-9H2,1-4H3,(H,18,19). The maximum atomic E-state index is 13.8. The highest BCUT2D eigenvalue weighted by Gasteiger charge is 2.10. The SMILES string of the molecule is CNC(C)c1ccc(OCC(=O)NCC(C)C)cc1F. The minimum atomic E-state index is -0.341. The molecule has 0 spiro atoms. The van der Waals surface area contributed by atoms with Crippen LogP contribution < -0.4 is 15.4 Å². The Morgan fingerprint density at radius 1 is 1.35 bits per heavy atom. The van der Waals surface area contributed by atoms with Gasteiger partial charge in [-0.25, -0.2) is 4.39 Å². The van der Waals surface area contributed by atoms with Crippen LogP contribution in [-0.2, 0) is 4.79 Å². The van der Waals surface area contributed by atoms with E-state index in [0.717, 1.165) is 0 Å². The summed E-state index contributed by atoms with van der Waals surface area (Å²) < 4.78 is 19.1. The lowest BCUT2D eigenvalue weighted by Gasteiger charge is -2.13. The summed E-state index contributed by atoms with van der Waals surface area (Å²) in [4.78, 5) is 11.5. The van der Waals surface area contributed by atoms with Crippen LogP contribution in [0.25, 0.3) is 0 Å². The number of carbonyl (C=O) groups excluding carboxylic acids is 1. The summed E-state index contributed by atoms with van der Waals surface area (Å²) in [7, 11) is 1.77. The Bertz CT molecular complexity index is 449. The summed E-state index contributed by atoms with van der Waals surface area (Å²) in [6.45, 7) is 6.40. The molecule has 1 unspecified atom stereocenters. The van der Waals surface area contributed by atoms with Crippen LogP contribution >= 0.6 is 0 Å². The molecular weight excluding hydrogens is 259 g/mol. The van der Waals surface area contributed by atoms with Gasteiger partial charge >= 0.3 is 0 Å². The zero-order valence-corrected chi connectivity index (χ0v) is 12.5. The lowest BCUT2D eigenvalue weighted by molar-refractivity contribution is -0.123. The number of benzene rings is 1. The number of halogens is 1. The second-order valence-electron chi connectivity index (χ2n) is 5.18. The normalized spacial score (nSPS) is 12.3. The monoisotopic (exact) mass is 282 g/mol. The van der Waals surface area contributed by atoms with Crippen LogP contribution in [0, 0.1) is 11.7 Å². The number of rotatable bonds is 7. The summed E-state index contributed by atoms with van der Waals surface area (Å²) >= 11 is 0. The third kappa shape index (κ3) is 5.17. The number of carbonyl (C=O) groups is 1. The van der Waals surface area contributed by atoms with Gasteiger partial charge in [0.25, 0.3) is 5.91 Å². The highest BCUT2D eigenvalue weighted by atomic mass is 19.1. The highest BCUT2D eigenvalue weighted by molar-refractivity contribution is 5.77. The van der Waals surface area contributed by atoms with Crippen LogP contribution in [0.15, 0.2) is 18.2 Å². The molecule has 1 aromatic rings. The summed E-state index contributed by atoms with van der Waals surface area (Å²) in [6.07, 6.45) is 0. The van der Waals surface area contributed by atoms with E-state index in [2.05, 4.69) is 10.6 Å². The Kier molecular flexibility index (Phi) is 6.45. The average molecular weight is 282 g/mol. The van der Waals surface area contributed by atoms with Gasteiger partial charge in [0, 0.05) is 24.2 Å². The van der Waals surface area contributed by atoms with Crippen molar-refractivity contribution in [2.75, 3.05) is 20.2 Å². The molecule has 0 aliphatic carbocycles. The molecule has 2 N–H and O–H groups in total. The van der Waals surface area contributed by atoms with Gasteiger partial charge in [0.2, 0.25) is 0 Å². The molecule has 0 aromatic heterocycles. The second-order valence-corrected chi connectivity index (χ2v) is 5.18. The van der Waals surface area contributed by atoms with E-state index in [4.69, 9.17) is 4.74 Å². The molecule has 0 saturated carbocycles. The Labute approximate surface area is 119 Å². The molecule has 1 aromatic carbocycles. The lowest BCUT2D eigenvalue weighted by Crippen LogP contribution is -2.31. The molecule has 0 aliphatic heterocycles. The fraction of sp³-hybridized carbons (Fsp3) is 0.533. The van der Waals surface area contributed by atoms with E-state index in [-0.39, 0.29) is 24.4 Å². The fourth-order valence-electron chi connectivity index (χ4n) is 1.62. The quantitative estimate of drug-likeness (QED) is 0.806. The molecule has 20 heavy (non-hydrogen) atoms. The molecule has 4 nitrogen and oxygen atoms in total. The van der Waals surface area contributed by atoms with Crippen LogP contribution in [0.2, 0.25) is 0 Å². The van der Waals surface area contributed by atoms with Gasteiger partial charge < -0.3 is 15.4 Å². The number of hydrogen-bond donors (Lipinski definition) is 2. The number of nitrogens with one attached hydrogen (secondary N) is 2. The van der Waals surface area contributed by atoms with Crippen molar-refractivity contribution in [1.82, 2.24) is 10.6 Å². The Morgan fingerprint density at radius 2 is 2.05 bits per heavy atom. The summed E-state index contributed by atoms with van der Waals surface area (Å²) in [5, 5.41) is 5.71. The Morgan fingerprint density at radius 3 is 2.60 bits per heavy atom. The smallest absolute Gasteiger partial charge is 0.257 e. The van der Waals surface area contributed by atoms with Crippen LogP contribution in [0.4, 0.5) is 4.39 Å². The second kappa shape index (κ2) is 7.85. The third-order valence-corrected chi connectivity index (χ3v) is 2.95. The van der Waals surface area contributed by atoms with E-state index >= 15 is 0 Å². The van der Waals surface area contributed by atoms with E-state index in [1.807, 2.05) is 20.8 Å². The predicted octanol–water partition coefficient (Wildman–Crippen LogP) is 2.26. The molecule has 0 radical (unpaired) electrons. The van der Waals surface area contributed by atoms with Crippen LogP contribution in [-0.4, -0.2) is 26.1 Å². The highest BCUT2D eigenvalue weighted by Crippen LogP contribution is 2.21. The maximum absolute atomic E-state index is 13.8. The Hall–Kier alpha value is -1.62. The van der Waals surface area contributed by atoms with Gasteiger partial charge in [0.15, 0.2) is 6.61 Å². The predicted molar refractivity (Wildman–Crippen MR) is 77.2 cm³/mol. The van der Waals surface area contributed by atoms with Crippen molar-refractivity contribution in [1.29, 1.82) is 0 Å². The maximum Gasteiger partial charge on any atom is 0.257 e. The van der Waals surface area contributed by atoms with E-state index in [0.29, 0.717) is 23.8 Å². The van der Waals surface area contributed by atoms with Crippen molar-refractivity contribution < 1.29 is 13.9 Å². The van der Waals surface area contributed by atoms with Crippen molar-refractivity contribution >= 4 is 5.91 Å². The summed E-state index contributed by atoms with van der Waals surface area (Å²) in [5.74, 6) is 0.201. The van der Waals surface area contributed by atoms with E-state index in [9.17, 15) is 9.18 Å². The molecule has 0 fully saturated rings. The lowest BCUT2D eigenvalue weighted by atomic mass is 10.1. The van der Waals surface area contributed by atoms with Gasteiger partial charge in [-0.1, -0.05) is 19.9 Å². The summed E-state index contributed by atoms with van der Waals surface area (Å²) in [6, 6.07) is 4.57. The minimum Gasteiger partial charge on any atom is -0.484 e. The zero-order valence-electron chi connectivity index (χ0n) is 12.5. The van der Waals surface area contributed by atoms with Gasteiger partial charge in [-0.3, -0.25) is 4.79 Å². The molecule has 0 aliphatic rings. The third-order valence-electron chi connectivity index (χ3n) is 2.95. The molecule has 112 valence electrons. The minimum absolute atomic E-state index is 0.0709. The van der Waals surface area contributed by atoms with Crippen LogP contribution in [0.3, 0.4) is 0 Å². The van der Waals surface area contributed by atoms with Crippen molar-refractivity contribution in [3.63, 3.8) is 0 Å². The first-order chi connectivity index (χ1) is 9.43. The molecule has 1 atom stereocenters. The first kappa shape index (κ1) is 16.4. The van der Waals surface area contributed by atoms with Crippen molar-refractivity contribution in [3.8, 4) is 5.75 Å². The van der Waals surface area contributed by atoms with Crippen molar-refractivity contribution in [2.24, 2.45) is 5.92 Å². The first-order valence-corrected chi connectivity index (χ1v) is 6.80. The molecular formula is C15H23FN2O2. The average Bonchev–Trinajstić information content (AvgIpc) is 2.42. The van der Waals surface area contributed by atoms with Gasteiger partial charge in [0.05, 0.1) is 0 Å². The van der Waals surface area contributed by atoms with Gasteiger partial charge in [0.1, 0.15) is 11.6 Å². The van der Waals surface area contributed by atoms with E-state index < -0.39 is 0 Å². The van der Waals surface area contributed by atoms with Gasteiger partial charge in [-0.15, -0.1) is 0 Å². The number of hydrogen-bond acceptors (Lipinski definition) is 3. The molecule has 1 amide bonds. The van der Waals surface area contributed by atoms with Gasteiger partial charge in [-0.05, 0) is 26.0 Å². The summed E-state index contributed by atoms with van der Waals surface area (Å²) in [5.41, 5.74) is 0.573. The number of amides is 1. The first-order valence-electron chi connectivity index (χ1n) is 6.80. The Balaban J connectivity index is 2.53. The molecule has 5 heteroatoms. The largest absolute Gasteiger partial charge is 0.484 e. The van der Waals surface area contributed by atoms with Crippen LogP contribution in [0.1, 0.15) is 32.4 Å². The molecule has 0 saturated heterocycles. The molecule has 1 rings (SSSR count). The van der Waals surface area contributed by atoms with Crippen molar-refractivity contribution in [3.05, 3.63) is 29.6 Å². The fourth-order valence-corrected chi connectivity index (χ4v) is 1.62. The zero-order chi connectivity index (χ0) is 15.1. The molecule has 0 bridgehead atoms. The van der Waals surface area contributed by atoms with E-state index in [1.165, 1.54) is 6.07 Å². The van der Waals surface area contributed by atoms with E-state index in [1.54, 1.807) is 19.2 Å². The topological polar surface area (TPSA) is 50.4 Å². The van der Waals surface area contributed by atoms with Gasteiger partial charge in [-0.2, -0.15) is 0 Å².